The molecule has 2 heteroatoms. The predicted octanol–water partition coefficient (Wildman–Crippen LogP) is 4.12. The molecule has 0 radical (unpaired) electrons. The Bertz CT molecular complexity index is 460. The van der Waals surface area contributed by atoms with Crippen LogP contribution < -0.4 is 10.6 Å². The summed E-state index contributed by atoms with van der Waals surface area (Å²) in [5.74, 6) is 0. The van der Waals surface area contributed by atoms with Crippen molar-refractivity contribution in [2.75, 3.05) is 0 Å². The van der Waals surface area contributed by atoms with E-state index in [2.05, 4.69) is 85.1 Å². The zero-order valence-corrected chi connectivity index (χ0v) is 13.8. The van der Waals surface area contributed by atoms with Gasteiger partial charge < -0.3 is 10.6 Å². The van der Waals surface area contributed by atoms with Crippen LogP contribution in [0.2, 0.25) is 0 Å². The fourth-order valence-corrected chi connectivity index (χ4v) is 2.83. The van der Waals surface area contributed by atoms with Gasteiger partial charge in [0.05, 0.1) is 0 Å². The Kier molecular flexibility index (Phi) is 7.14. The number of benzene rings is 2. The summed E-state index contributed by atoms with van der Waals surface area (Å²) in [5.41, 5.74) is 2.69. The van der Waals surface area contributed by atoms with Gasteiger partial charge in [0.25, 0.3) is 0 Å². The predicted molar refractivity (Wildman–Crippen MR) is 94.7 cm³/mol. The highest BCUT2D eigenvalue weighted by Crippen LogP contribution is 2.08. The number of hydrogen-bond acceptors (Lipinski definition) is 2. The van der Waals surface area contributed by atoms with Gasteiger partial charge >= 0.3 is 0 Å². The first-order chi connectivity index (χ1) is 10.8. The third-order valence-corrected chi connectivity index (χ3v) is 4.19. The minimum atomic E-state index is 0.494. The lowest BCUT2D eigenvalue weighted by molar-refractivity contribution is 0.348. The maximum absolute atomic E-state index is 3.71. The van der Waals surface area contributed by atoms with Crippen molar-refractivity contribution in [1.29, 1.82) is 0 Å². The molecule has 2 aromatic rings. The molecular formula is C20H28N2. The first kappa shape index (κ1) is 16.7. The van der Waals surface area contributed by atoms with Gasteiger partial charge in [0.15, 0.2) is 0 Å². The van der Waals surface area contributed by atoms with E-state index in [9.17, 15) is 0 Å². The highest BCUT2D eigenvalue weighted by atomic mass is 15.0. The van der Waals surface area contributed by atoms with E-state index < -0.39 is 0 Å². The van der Waals surface area contributed by atoms with Crippen molar-refractivity contribution >= 4 is 0 Å². The van der Waals surface area contributed by atoms with Crippen LogP contribution in [0.3, 0.4) is 0 Å². The lowest BCUT2D eigenvalue weighted by atomic mass is 10.0. The van der Waals surface area contributed by atoms with Crippen molar-refractivity contribution in [3.63, 3.8) is 0 Å². The smallest absolute Gasteiger partial charge is 0.0221 e. The minimum Gasteiger partial charge on any atom is -0.308 e. The van der Waals surface area contributed by atoms with Crippen LogP contribution in [0, 0.1) is 0 Å². The van der Waals surface area contributed by atoms with Crippen LogP contribution in [0.15, 0.2) is 60.7 Å². The summed E-state index contributed by atoms with van der Waals surface area (Å²) in [7, 11) is 0. The van der Waals surface area contributed by atoms with Gasteiger partial charge in [0.2, 0.25) is 0 Å². The van der Waals surface area contributed by atoms with Crippen molar-refractivity contribution in [2.24, 2.45) is 0 Å². The van der Waals surface area contributed by atoms with E-state index in [0.29, 0.717) is 12.1 Å². The normalized spacial score (nSPS) is 13.7. The lowest BCUT2D eigenvalue weighted by Gasteiger charge is -2.27. The van der Waals surface area contributed by atoms with Gasteiger partial charge in [-0.3, -0.25) is 0 Å². The lowest BCUT2D eigenvalue weighted by Crippen LogP contribution is -2.46. The molecule has 0 fully saturated rings. The van der Waals surface area contributed by atoms with Gasteiger partial charge in [0.1, 0.15) is 0 Å². The van der Waals surface area contributed by atoms with Crippen molar-refractivity contribution in [1.82, 2.24) is 10.6 Å². The molecule has 2 atom stereocenters. The zero-order valence-electron chi connectivity index (χ0n) is 13.8. The highest BCUT2D eigenvalue weighted by molar-refractivity contribution is 5.15. The molecule has 2 unspecified atom stereocenters. The van der Waals surface area contributed by atoms with Gasteiger partial charge in [-0.1, -0.05) is 74.5 Å². The summed E-state index contributed by atoms with van der Waals surface area (Å²) in [6.45, 7) is 6.39. The molecular weight excluding hydrogens is 268 g/mol. The molecule has 0 saturated carbocycles. The maximum Gasteiger partial charge on any atom is 0.0221 e. The van der Waals surface area contributed by atoms with E-state index in [1.54, 1.807) is 0 Å². The molecule has 0 bridgehead atoms. The fourth-order valence-electron chi connectivity index (χ4n) is 2.83. The molecule has 0 spiro atoms. The second-order valence-electron chi connectivity index (χ2n) is 5.76. The average Bonchev–Trinajstić information content (AvgIpc) is 2.59. The van der Waals surface area contributed by atoms with Gasteiger partial charge in [-0.25, -0.2) is 0 Å². The monoisotopic (exact) mass is 296 g/mol. The van der Waals surface area contributed by atoms with E-state index in [4.69, 9.17) is 0 Å². The third kappa shape index (κ3) is 5.28. The van der Waals surface area contributed by atoms with E-state index in [1.807, 2.05) is 0 Å². The Morgan fingerprint density at radius 2 is 1.00 bits per heavy atom. The third-order valence-electron chi connectivity index (χ3n) is 4.19. The van der Waals surface area contributed by atoms with Crippen LogP contribution in [0.1, 0.15) is 37.8 Å². The SMILES string of the molecule is CCC(NCc1ccccc1)C(CC)NCc1ccccc1. The van der Waals surface area contributed by atoms with Crippen LogP contribution in [0.25, 0.3) is 0 Å². The molecule has 22 heavy (non-hydrogen) atoms. The van der Waals surface area contributed by atoms with Crippen LogP contribution in [-0.4, -0.2) is 12.1 Å². The summed E-state index contributed by atoms with van der Waals surface area (Å²) in [5, 5.41) is 7.42. The Morgan fingerprint density at radius 3 is 1.32 bits per heavy atom. The van der Waals surface area contributed by atoms with Crippen molar-refractivity contribution in [2.45, 2.75) is 51.9 Å². The summed E-state index contributed by atoms with van der Waals surface area (Å²) >= 11 is 0. The Morgan fingerprint density at radius 1 is 0.636 bits per heavy atom. The molecule has 118 valence electrons. The average molecular weight is 296 g/mol. The maximum atomic E-state index is 3.71. The van der Waals surface area contributed by atoms with E-state index >= 15 is 0 Å². The first-order valence-electron chi connectivity index (χ1n) is 8.38. The van der Waals surface area contributed by atoms with E-state index in [1.165, 1.54) is 11.1 Å². The van der Waals surface area contributed by atoms with Gasteiger partial charge in [-0.05, 0) is 24.0 Å². The number of hydrogen-bond donors (Lipinski definition) is 2. The van der Waals surface area contributed by atoms with Crippen molar-refractivity contribution < 1.29 is 0 Å². The minimum absolute atomic E-state index is 0.494. The standard InChI is InChI=1S/C20H28N2/c1-3-19(21-15-17-11-7-5-8-12-17)20(4-2)22-16-18-13-9-6-10-14-18/h5-14,19-22H,3-4,15-16H2,1-2H3. The van der Waals surface area contributed by atoms with Crippen molar-refractivity contribution in [3.8, 4) is 0 Å². The van der Waals surface area contributed by atoms with Crippen LogP contribution in [-0.2, 0) is 13.1 Å². The van der Waals surface area contributed by atoms with E-state index in [0.717, 1.165) is 25.9 Å². The number of nitrogens with one attached hydrogen (secondary N) is 2. The summed E-state index contributed by atoms with van der Waals surface area (Å²) in [6.07, 6.45) is 2.26. The van der Waals surface area contributed by atoms with Crippen LogP contribution in [0.4, 0.5) is 0 Å². The molecule has 0 amide bonds. The highest BCUT2D eigenvalue weighted by Gasteiger charge is 2.17. The van der Waals surface area contributed by atoms with Crippen LogP contribution >= 0.6 is 0 Å². The molecule has 0 aliphatic rings. The molecule has 2 N–H and O–H groups in total. The molecule has 2 nitrogen and oxygen atoms in total. The van der Waals surface area contributed by atoms with E-state index in [-0.39, 0.29) is 0 Å². The Hall–Kier alpha value is -1.64. The summed E-state index contributed by atoms with van der Waals surface area (Å²) in [4.78, 5) is 0. The van der Waals surface area contributed by atoms with Crippen molar-refractivity contribution in [3.05, 3.63) is 71.8 Å². The van der Waals surface area contributed by atoms with Gasteiger partial charge in [-0.2, -0.15) is 0 Å². The molecule has 2 rings (SSSR count). The second-order valence-corrected chi connectivity index (χ2v) is 5.76. The van der Waals surface area contributed by atoms with Gasteiger partial charge in [0, 0.05) is 25.2 Å². The quantitative estimate of drug-likeness (QED) is 0.727. The first-order valence-corrected chi connectivity index (χ1v) is 8.38. The zero-order chi connectivity index (χ0) is 15.6. The Balaban J connectivity index is 1.86. The Labute approximate surface area is 135 Å². The largest absolute Gasteiger partial charge is 0.308 e. The summed E-state index contributed by atoms with van der Waals surface area (Å²) in [6, 6.07) is 22.2. The molecule has 0 heterocycles. The number of rotatable bonds is 9. The van der Waals surface area contributed by atoms with Crippen LogP contribution in [0.5, 0.6) is 0 Å². The molecule has 0 aliphatic heterocycles. The van der Waals surface area contributed by atoms with Gasteiger partial charge in [-0.15, -0.1) is 0 Å². The molecule has 0 aliphatic carbocycles. The summed E-state index contributed by atoms with van der Waals surface area (Å²) < 4.78 is 0. The topological polar surface area (TPSA) is 24.1 Å². The second kappa shape index (κ2) is 9.39. The molecule has 0 aromatic heterocycles. The molecule has 0 saturated heterocycles. The fraction of sp³-hybridized carbons (Fsp3) is 0.400. The molecule has 2 aromatic carbocycles.